The van der Waals surface area contributed by atoms with Gasteiger partial charge in [-0.1, -0.05) is 12.8 Å². The number of hydrogen-bond acceptors (Lipinski definition) is 2. The highest BCUT2D eigenvalue weighted by atomic mass is 16.2. The van der Waals surface area contributed by atoms with Crippen LogP contribution in [0.15, 0.2) is 0 Å². The lowest BCUT2D eigenvalue weighted by Crippen LogP contribution is -2.39. The summed E-state index contributed by atoms with van der Waals surface area (Å²) in [7, 11) is 3.62. The van der Waals surface area contributed by atoms with Gasteiger partial charge in [0.25, 0.3) is 0 Å². The third-order valence-electron chi connectivity index (χ3n) is 5.92. The van der Waals surface area contributed by atoms with E-state index in [4.69, 9.17) is 0 Å². The summed E-state index contributed by atoms with van der Waals surface area (Å²) in [6, 6.07) is 0.122. The fourth-order valence-corrected chi connectivity index (χ4v) is 4.93. The number of amides is 2. The summed E-state index contributed by atoms with van der Waals surface area (Å²) in [6.07, 6.45) is 8.37. The van der Waals surface area contributed by atoms with Crippen LogP contribution in [-0.4, -0.2) is 49.3 Å². The van der Waals surface area contributed by atoms with Gasteiger partial charge in [0, 0.05) is 32.6 Å². The van der Waals surface area contributed by atoms with E-state index in [2.05, 4.69) is 0 Å². The molecule has 3 rings (SSSR count). The Bertz CT molecular complexity index is 387. The van der Waals surface area contributed by atoms with Crippen LogP contribution in [0.3, 0.4) is 0 Å². The van der Waals surface area contributed by atoms with Gasteiger partial charge in [0.2, 0.25) is 0 Å². The predicted molar refractivity (Wildman–Crippen MR) is 77.3 cm³/mol. The molecule has 3 aliphatic rings. The SMILES string of the molecule is CN(C)C(=O)N1C[C@@H]2C[C@@](C=O)(C3CCCC3)C[C@@H]2C1. The van der Waals surface area contributed by atoms with E-state index in [9.17, 15) is 9.59 Å². The maximum Gasteiger partial charge on any atom is 0.319 e. The Hall–Kier alpha value is -1.06. The van der Waals surface area contributed by atoms with Crippen LogP contribution in [0.4, 0.5) is 4.79 Å². The number of hydrogen-bond donors (Lipinski definition) is 0. The molecule has 3 atom stereocenters. The van der Waals surface area contributed by atoms with Crippen molar-refractivity contribution < 1.29 is 9.59 Å². The van der Waals surface area contributed by atoms with Crippen molar-refractivity contribution in [3.63, 3.8) is 0 Å². The largest absolute Gasteiger partial charge is 0.331 e. The average Bonchev–Trinajstić information content (AvgIpc) is 3.11. The zero-order valence-corrected chi connectivity index (χ0v) is 12.7. The lowest BCUT2D eigenvalue weighted by Gasteiger charge is -2.32. The lowest BCUT2D eigenvalue weighted by atomic mass is 9.73. The normalized spacial score (nSPS) is 37.2. The van der Waals surface area contributed by atoms with Gasteiger partial charge in [-0.25, -0.2) is 4.79 Å². The van der Waals surface area contributed by atoms with Gasteiger partial charge in [-0.15, -0.1) is 0 Å². The first-order valence-electron chi connectivity index (χ1n) is 7.98. The summed E-state index contributed by atoms with van der Waals surface area (Å²) in [4.78, 5) is 27.5. The van der Waals surface area contributed by atoms with Crippen LogP contribution in [0.1, 0.15) is 38.5 Å². The number of rotatable bonds is 2. The van der Waals surface area contributed by atoms with Gasteiger partial charge in [-0.2, -0.15) is 0 Å². The number of aldehydes is 1. The summed E-state index contributed by atoms with van der Waals surface area (Å²) < 4.78 is 0. The standard InChI is InChI=1S/C16H26N2O2/c1-17(2)15(20)18-9-12-7-16(11-19,8-13(12)10-18)14-5-3-4-6-14/h11-14H,3-10H2,1-2H3/t12-,13+,16+. The quantitative estimate of drug-likeness (QED) is 0.728. The van der Waals surface area contributed by atoms with Crippen LogP contribution >= 0.6 is 0 Å². The Balaban J connectivity index is 1.68. The molecule has 20 heavy (non-hydrogen) atoms. The fourth-order valence-electron chi connectivity index (χ4n) is 4.93. The van der Waals surface area contributed by atoms with E-state index in [1.807, 2.05) is 19.0 Å². The maximum atomic E-state index is 12.0. The Morgan fingerprint density at radius 2 is 1.70 bits per heavy atom. The van der Waals surface area contributed by atoms with E-state index in [0.29, 0.717) is 17.8 Å². The zero-order chi connectivity index (χ0) is 14.3. The molecule has 2 aliphatic carbocycles. The fraction of sp³-hybridized carbons (Fsp3) is 0.875. The van der Waals surface area contributed by atoms with E-state index in [1.165, 1.54) is 32.0 Å². The third kappa shape index (κ3) is 2.13. The van der Waals surface area contributed by atoms with Gasteiger partial charge in [0.05, 0.1) is 0 Å². The van der Waals surface area contributed by atoms with Crippen LogP contribution in [0.25, 0.3) is 0 Å². The van der Waals surface area contributed by atoms with Gasteiger partial charge in [0.15, 0.2) is 0 Å². The van der Waals surface area contributed by atoms with Crippen LogP contribution in [0.5, 0.6) is 0 Å². The topological polar surface area (TPSA) is 40.6 Å². The first kappa shape index (κ1) is 13.9. The van der Waals surface area contributed by atoms with Gasteiger partial charge in [0.1, 0.15) is 6.29 Å². The van der Waals surface area contributed by atoms with E-state index < -0.39 is 0 Å². The second-order valence-electron chi connectivity index (χ2n) is 7.34. The van der Waals surface area contributed by atoms with Gasteiger partial charge >= 0.3 is 6.03 Å². The molecular weight excluding hydrogens is 252 g/mol. The van der Waals surface area contributed by atoms with Crippen molar-refractivity contribution in [3.05, 3.63) is 0 Å². The minimum atomic E-state index is -0.0565. The molecule has 4 heteroatoms. The first-order valence-corrected chi connectivity index (χ1v) is 7.98. The Morgan fingerprint density at radius 1 is 1.15 bits per heavy atom. The summed E-state index contributed by atoms with van der Waals surface area (Å²) in [5, 5.41) is 0. The molecule has 0 aromatic heterocycles. The number of nitrogens with zero attached hydrogens (tertiary/aromatic N) is 2. The monoisotopic (exact) mass is 278 g/mol. The highest BCUT2D eigenvalue weighted by molar-refractivity contribution is 5.74. The second kappa shape index (κ2) is 5.05. The third-order valence-corrected chi connectivity index (χ3v) is 5.92. The highest BCUT2D eigenvalue weighted by Gasteiger charge is 2.53. The molecule has 0 aromatic rings. The minimum Gasteiger partial charge on any atom is -0.331 e. The number of carbonyl (C=O) groups is 2. The molecule has 1 saturated heterocycles. The first-order chi connectivity index (χ1) is 9.55. The van der Waals surface area contributed by atoms with Crippen molar-refractivity contribution in [2.24, 2.45) is 23.2 Å². The molecule has 0 N–H and O–H groups in total. The summed E-state index contributed by atoms with van der Waals surface area (Å²) in [5.41, 5.74) is -0.0565. The van der Waals surface area contributed by atoms with Crippen molar-refractivity contribution >= 4 is 12.3 Å². The van der Waals surface area contributed by atoms with E-state index >= 15 is 0 Å². The van der Waals surface area contributed by atoms with Crippen molar-refractivity contribution in [1.29, 1.82) is 0 Å². The molecule has 0 bridgehead atoms. The molecule has 3 fully saturated rings. The van der Waals surface area contributed by atoms with E-state index in [-0.39, 0.29) is 11.4 Å². The molecule has 0 spiro atoms. The number of urea groups is 1. The highest BCUT2D eigenvalue weighted by Crippen LogP contribution is 2.55. The number of carbonyl (C=O) groups excluding carboxylic acids is 2. The Morgan fingerprint density at radius 3 is 2.15 bits per heavy atom. The van der Waals surface area contributed by atoms with Crippen molar-refractivity contribution in [3.8, 4) is 0 Å². The lowest BCUT2D eigenvalue weighted by molar-refractivity contribution is -0.119. The van der Waals surface area contributed by atoms with Crippen molar-refractivity contribution in [2.45, 2.75) is 38.5 Å². The molecule has 0 aromatic carbocycles. The van der Waals surface area contributed by atoms with Gasteiger partial charge in [-0.3, -0.25) is 0 Å². The summed E-state index contributed by atoms with van der Waals surface area (Å²) in [6.45, 7) is 1.70. The van der Waals surface area contributed by atoms with E-state index in [0.717, 1.165) is 25.9 Å². The molecule has 0 unspecified atom stereocenters. The van der Waals surface area contributed by atoms with Gasteiger partial charge < -0.3 is 14.6 Å². The molecule has 0 radical (unpaired) electrons. The molecular formula is C16H26N2O2. The summed E-state index contributed by atoms with van der Waals surface area (Å²) >= 11 is 0. The van der Waals surface area contributed by atoms with Gasteiger partial charge in [-0.05, 0) is 43.4 Å². The average molecular weight is 278 g/mol. The van der Waals surface area contributed by atoms with Crippen LogP contribution in [0.2, 0.25) is 0 Å². The van der Waals surface area contributed by atoms with Crippen LogP contribution < -0.4 is 0 Å². The Labute approximate surface area is 121 Å². The molecule has 2 amide bonds. The van der Waals surface area contributed by atoms with Crippen LogP contribution in [-0.2, 0) is 4.79 Å². The van der Waals surface area contributed by atoms with Crippen molar-refractivity contribution in [2.75, 3.05) is 27.2 Å². The number of likely N-dealkylation sites (tertiary alicyclic amines) is 1. The summed E-state index contributed by atoms with van der Waals surface area (Å²) in [5.74, 6) is 1.71. The van der Waals surface area contributed by atoms with Crippen LogP contribution in [0, 0.1) is 23.2 Å². The predicted octanol–water partition coefficient (Wildman–Crippen LogP) is 2.39. The smallest absolute Gasteiger partial charge is 0.319 e. The minimum absolute atomic E-state index is 0.0565. The molecule has 1 heterocycles. The molecule has 4 nitrogen and oxygen atoms in total. The zero-order valence-electron chi connectivity index (χ0n) is 12.7. The van der Waals surface area contributed by atoms with E-state index in [1.54, 1.807) is 4.90 Å². The number of fused-ring (bicyclic) bond motifs is 1. The Kier molecular flexibility index (Phi) is 3.51. The molecule has 2 saturated carbocycles. The van der Waals surface area contributed by atoms with Crippen molar-refractivity contribution in [1.82, 2.24) is 9.80 Å². The molecule has 1 aliphatic heterocycles. The molecule has 112 valence electrons. The second-order valence-corrected chi connectivity index (χ2v) is 7.34. The maximum absolute atomic E-state index is 12.0.